The van der Waals surface area contributed by atoms with Crippen molar-refractivity contribution in [3.63, 3.8) is 0 Å². The molecule has 0 aliphatic rings. The third-order valence-electron chi connectivity index (χ3n) is 6.50. The summed E-state index contributed by atoms with van der Waals surface area (Å²) in [7, 11) is 0. The SMILES string of the molecule is CCCCCCCCCC[C@H](C)[C@@H](O)[C@H](C)/C=C(C)/C=C(\C)C(=O)[C@H](C)/C=C(\C)C(=O)OCC. The highest BCUT2D eigenvalue weighted by Crippen LogP contribution is 2.22. The molecule has 34 heavy (non-hydrogen) atoms. The molecule has 0 aliphatic carbocycles. The van der Waals surface area contributed by atoms with Gasteiger partial charge in [0, 0.05) is 17.4 Å². The van der Waals surface area contributed by atoms with Crippen LogP contribution in [0.2, 0.25) is 0 Å². The molecule has 0 aliphatic heterocycles. The Labute approximate surface area is 209 Å². The maximum absolute atomic E-state index is 12.7. The number of Topliss-reactive ketones (excluding diaryl/α,β-unsaturated/α-hetero) is 1. The maximum atomic E-state index is 12.7. The van der Waals surface area contributed by atoms with E-state index in [9.17, 15) is 14.7 Å². The molecule has 0 spiro atoms. The van der Waals surface area contributed by atoms with Crippen LogP contribution in [-0.2, 0) is 14.3 Å². The second kappa shape index (κ2) is 18.6. The van der Waals surface area contributed by atoms with Crippen LogP contribution in [0.5, 0.6) is 0 Å². The summed E-state index contributed by atoms with van der Waals surface area (Å²) in [6, 6.07) is 0. The first-order chi connectivity index (χ1) is 16.0. The lowest BCUT2D eigenvalue weighted by Gasteiger charge is -2.23. The lowest BCUT2D eigenvalue weighted by atomic mass is 9.88. The minimum atomic E-state index is -0.400. The Morgan fingerprint density at radius 1 is 0.824 bits per heavy atom. The third kappa shape index (κ3) is 13.9. The van der Waals surface area contributed by atoms with Gasteiger partial charge in [-0.15, -0.1) is 0 Å². The summed E-state index contributed by atoms with van der Waals surface area (Å²) in [5.74, 6) is -0.534. The lowest BCUT2D eigenvalue weighted by molar-refractivity contribution is -0.138. The molecule has 0 bridgehead atoms. The van der Waals surface area contributed by atoms with Gasteiger partial charge in [0.2, 0.25) is 0 Å². The molecular weight excluding hydrogens is 424 g/mol. The summed E-state index contributed by atoms with van der Waals surface area (Å²) in [4.78, 5) is 24.5. The van der Waals surface area contributed by atoms with Crippen LogP contribution in [0.25, 0.3) is 0 Å². The number of carbonyl (C=O) groups is 2. The van der Waals surface area contributed by atoms with Crippen molar-refractivity contribution in [2.75, 3.05) is 6.61 Å². The Balaban J connectivity index is 4.70. The van der Waals surface area contributed by atoms with Crippen molar-refractivity contribution in [3.8, 4) is 0 Å². The molecule has 4 nitrogen and oxygen atoms in total. The summed E-state index contributed by atoms with van der Waals surface area (Å²) < 4.78 is 4.98. The molecule has 0 saturated carbocycles. The average molecular weight is 477 g/mol. The van der Waals surface area contributed by atoms with Gasteiger partial charge in [0.05, 0.1) is 12.7 Å². The minimum absolute atomic E-state index is 0.0200. The molecule has 0 aromatic carbocycles. The predicted octanol–water partition coefficient (Wildman–Crippen LogP) is 7.76. The summed E-state index contributed by atoms with van der Waals surface area (Å²) >= 11 is 0. The molecule has 0 fully saturated rings. The largest absolute Gasteiger partial charge is 0.463 e. The number of allylic oxidation sites excluding steroid dienone is 4. The molecule has 0 saturated heterocycles. The first-order valence-electron chi connectivity index (χ1n) is 13.5. The number of carbonyl (C=O) groups excluding carboxylic acids is 2. The fourth-order valence-corrected chi connectivity index (χ4v) is 4.39. The van der Waals surface area contributed by atoms with Crippen molar-refractivity contribution in [2.45, 2.75) is 119 Å². The summed E-state index contributed by atoms with van der Waals surface area (Å²) in [6.45, 7) is 15.7. The Morgan fingerprint density at radius 3 is 1.94 bits per heavy atom. The van der Waals surface area contributed by atoms with Crippen molar-refractivity contribution < 1.29 is 19.4 Å². The quantitative estimate of drug-likeness (QED) is 0.0950. The van der Waals surface area contributed by atoms with E-state index in [0.717, 1.165) is 12.0 Å². The van der Waals surface area contributed by atoms with Gasteiger partial charge in [-0.25, -0.2) is 4.79 Å². The van der Waals surface area contributed by atoms with Gasteiger partial charge in [-0.05, 0) is 45.6 Å². The minimum Gasteiger partial charge on any atom is -0.463 e. The number of aliphatic hydroxyl groups is 1. The normalized spacial score (nSPS) is 16.7. The zero-order chi connectivity index (χ0) is 26.1. The van der Waals surface area contributed by atoms with Crippen molar-refractivity contribution in [2.24, 2.45) is 17.8 Å². The van der Waals surface area contributed by atoms with E-state index in [4.69, 9.17) is 4.74 Å². The molecule has 0 unspecified atom stereocenters. The van der Waals surface area contributed by atoms with E-state index < -0.39 is 12.0 Å². The maximum Gasteiger partial charge on any atom is 0.333 e. The number of aliphatic hydroxyl groups excluding tert-OH is 1. The van der Waals surface area contributed by atoms with E-state index in [1.54, 1.807) is 33.8 Å². The first-order valence-corrected chi connectivity index (χ1v) is 13.5. The highest BCUT2D eigenvalue weighted by atomic mass is 16.5. The molecule has 1 N–H and O–H groups in total. The van der Waals surface area contributed by atoms with Crippen molar-refractivity contribution in [1.82, 2.24) is 0 Å². The van der Waals surface area contributed by atoms with Gasteiger partial charge in [-0.2, -0.15) is 0 Å². The lowest BCUT2D eigenvalue weighted by Crippen LogP contribution is -2.24. The predicted molar refractivity (Wildman–Crippen MR) is 144 cm³/mol. The van der Waals surface area contributed by atoms with Crippen LogP contribution >= 0.6 is 0 Å². The Kier molecular flexibility index (Phi) is 17.7. The molecule has 0 radical (unpaired) electrons. The van der Waals surface area contributed by atoms with Crippen LogP contribution in [0.4, 0.5) is 0 Å². The molecule has 0 aromatic rings. The summed E-state index contributed by atoms with van der Waals surface area (Å²) in [5.41, 5.74) is 2.06. The number of hydrogen-bond donors (Lipinski definition) is 1. The van der Waals surface area contributed by atoms with Gasteiger partial charge >= 0.3 is 5.97 Å². The van der Waals surface area contributed by atoms with Gasteiger partial charge in [-0.1, -0.05) is 103 Å². The Hall–Kier alpha value is -1.68. The molecule has 0 heterocycles. The zero-order valence-corrected chi connectivity index (χ0v) is 23.3. The van der Waals surface area contributed by atoms with Gasteiger partial charge in [0.15, 0.2) is 5.78 Å². The monoisotopic (exact) mass is 476 g/mol. The number of hydrogen-bond acceptors (Lipinski definition) is 4. The van der Waals surface area contributed by atoms with Crippen LogP contribution in [-0.4, -0.2) is 29.6 Å². The average Bonchev–Trinajstić information content (AvgIpc) is 2.79. The van der Waals surface area contributed by atoms with Crippen LogP contribution in [0.3, 0.4) is 0 Å². The fourth-order valence-electron chi connectivity index (χ4n) is 4.39. The molecule has 4 atom stereocenters. The van der Waals surface area contributed by atoms with Crippen molar-refractivity contribution in [3.05, 3.63) is 34.9 Å². The molecule has 0 rings (SSSR count). The van der Waals surface area contributed by atoms with Crippen LogP contribution in [0.1, 0.15) is 113 Å². The van der Waals surface area contributed by atoms with Gasteiger partial charge in [0.1, 0.15) is 0 Å². The van der Waals surface area contributed by atoms with Crippen LogP contribution < -0.4 is 0 Å². The number of rotatable bonds is 18. The Morgan fingerprint density at radius 2 is 1.38 bits per heavy atom. The number of ether oxygens (including phenoxy) is 1. The fraction of sp³-hybridized carbons (Fsp3) is 0.733. The molecular formula is C30H52O4. The van der Waals surface area contributed by atoms with Gasteiger partial charge in [0.25, 0.3) is 0 Å². The third-order valence-corrected chi connectivity index (χ3v) is 6.50. The second-order valence-electron chi connectivity index (χ2n) is 10.1. The van der Waals surface area contributed by atoms with Crippen molar-refractivity contribution >= 4 is 11.8 Å². The summed E-state index contributed by atoms with van der Waals surface area (Å²) in [5, 5.41) is 10.8. The smallest absolute Gasteiger partial charge is 0.333 e. The van der Waals surface area contributed by atoms with Crippen LogP contribution in [0, 0.1) is 17.8 Å². The standard InChI is InChI=1S/C30H52O4/c1-9-11-12-13-14-15-16-17-18-23(4)28(31)24(5)19-22(3)20-25(6)29(32)26(7)21-27(8)30(33)34-10-2/h19-21,23-24,26,28,31H,9-18H2,1-8H3/b22-19+,25-20+,27-21+/t23-,24+,26+,28+/m0/s1. The number of esters is 1. The highest BCUT2D eigenvalue weighted by molar-refractivity contribution is 5.99. The van der Waals surface area contributed by atoms with E-state index in [2.05, 4.69) is 19.9 Å². The molecule has 196 valence electrons. The molecule has 0 aromatic heterocycles. The van der Waals surface area contributed by atoms with E-state index in [1.165, 1.54) is 51.4 Å². The van der Waals surface area contributed by atoms with Crippen LogP contribution in [0.15, 0.2) is 34.9 Å². The first kappa shape index (κ1) is 32.3. The van der Waals surface area contributed by atoms with E-state index in [-0.39, 0.29) is 23.6 Å². The van der Waals surface area contributed by atoms with E-state index in [1.807, 2.05) is 19.9 Å². The second-order valence-corrected chi connectivity index (χ2v) is 10.1. The van der Waals surface area contributed by atoms with E-state index in [0.29, 0.717) is 17.8 Å². The number of unbranched alkanes of at least 4 members (excludes halogenated alkanes) is 7. The van der Waals surface area contributed by atoms with Gasteiger partial charge < -0.3 is 9.84 Å². The topological polar surface area (TPSA) is 63.6 Å². The zero-order valence-electron chi connectivity index (χ0n) is 23.3. The summed E-state index contributed by atoms with van der Waals surface area (Å²) in [6.07, 6.45) is 16.6. The van der Waals surface area contributed by atoms with Crippen molar-refractivity contribution in [1.29, 1.82) is 0 Å². The van der Waals surface area contributed by atoms with E-state index >= 15 is 0 Å². The Bertz CT molecular complexity index is 686. The molecule has 0 amide bonds. The number of ketones is 1. The molecule has 4 heteroatoms. The van der Waals surface area contributed by atoms with Gasteiger partial charge in [-0.3, -0.25) is 4.79 Å². The highest BCUT2D eigenvalue weighted by Gasteiger charge is 2.20.